The summed E-state index contributed by atoms with van der Waals surface area (Å²) in [5, 5.41) is 0.903. The van der Waals surface area contributed by atoms with E-state index in [1.807, 2.05) is 0 Å². The number of nitrogens with zero attached hydrogens (tertiary/aromatic N) is 2. The van der Waals surface area contributed by atoms with Crippen molar-refractivity contribution >= 4 is 22.8 Å². The highest BCUT2D eigenvalue weighted by molar-refractivity contribution is 7.17. The lowest BCUT2D eigenvalue weighted by Gasteiger charge is -2.21. The quantitative estimate of drug-likeness (QED) is 0.464. The Morgan fingerprint density at radius 1 is 1.29 bits per heavy atom. The van der Waals surface area contributed by atoms with Gasteiger partial charge in [0, 0.05) is 33.9 Å². The highest BCUT2D eigenvalue weighted by Crippen LogP contribution is 2.31. The number of thiazole rings is 1. The smallest absolute Gasteiger partial charge is 0.186 e. The number of carbonyl (C=O) groups excluding carboxylic acids is 1. The third kappa shape index (κ3) is 5.37. The maximum Gasteiger partial charge on any atom is 0.186 e. The molecule has 120 valence electrons. The lowest BCUT2D eigenvalue weighted by molar-refractivity contribution is 0.112. The Morgan fingerprint density at radius 2 is 2.00 bits per heavy atom. The monoisotopic (exact) mass is 314 g/mol. The van der Waals surface area contributed by atoms with E-state index in [1.54, 1.807) is 14.2 Å². The van der Waals surface area contributed by atoms with Crippen LogP contribution in [-0.4, -0.2) is 51.8 Å². The zero-order valence-corrected chi connectivity index (χ0v) is 14.2. The summed E-state index contributed by atoms with van der Waals surface area (Å²) in [7, 11) is 3.39. The van der Waals surface area contributed by atoms with Gasteiger partial charge < -0.3 is 14.4 Å². The van der Waals surface area contributed by atoms with Gasteiger partial charge in [0.25, 0.3) is 0 Å². The zero-order chi connectivity index (χ0) is 15.7. The van der Waals surface area contributed by atoms with Crippen LogP contribution in [0, 0.1) is 0 Å². The summed E-state index contributed by atoms with van der Waals surface area (Å²) >= 11 is 1.47. The molecule has 1 heterocycles. The molecule has 0 N–H and O–H groups in total. The second kappa shape index (κ2) is 9.87. The molecule has 21 heavy (non-hydrogen) atoms. The van der Waals surface area contributed by atoms with E-state index >= 15 is 0 Å². The summed E-state index contributed by atoms with van der Waals surface area (Å²) in [6.45, 7) is 7.19. The Morgan fingerprint density at radius 3 is 2.57 bits per heavy atom. The molecule has 1 unspecified atom stereocenters. The number of hydrogen-bond acceptors (Lipinski definition) is 6. The first-order chi connectivity index (χ1) is 10.2. The average molecular weight is 314 g/mol. The fourth-order valence-corrected chi connectivity index (χ4v) is 3.05. The third-order valence-electron chi connectivity index (χ3n) is 3.47. The van der Waals surface area contributed by atoms with Gasteiger partial charge in [0.2, 0.25) is 0 Å². The van der Waals surface area contributed by atoms with E-state index in [0.29, 0.717) is 19.1 Å². The molecule has 0 radical (unpaired) electrons. The fourth-order valence-electron chi connectivity index (χ4n) is 2.00. The van der Waals surface area contributed by atoms with Crippen LogP contribution in [0.5, 0.6) is 0 Å². The molecule has 0 bridgehead atoms. The number of rotatable bonds is 11. The molecular weight excluding hydrogens is 288 g/mol. The van der Waals surface area contributed by atoms with E-state index in [1.165, 1.54) is 11.3 Å². The molecule has 0 amide bonds. The van der Waals surface area contributed by atoms with E-state index in [2.05, 4.69) is 18.7 Å². The third-order valence-corrected chi connectivity index (χ3v) is 4.53. The molecule has 1 rings (SSSR count). The number of anilines is 1. The van der Waals surface area contributed by atoms with Gasteiger partial charge in [0.15, 0.2) is 11.4 Å². The molecule has 0 saturated carbocycles. The highest BCUT2D eigenvalue weighted by Gasteiger charge is 2.19. The molecule has 0 spiro atoms. The molecule has 1 atom stereocenters. The van der Waals surface area contributed by atoms with Crippen LogP contribution in [0.25, 0.3) is 0 Å². The Balaban J connectivity index is 2.89. The molecule has 0 aliphatic rings. The van der Waals surface area contributed by atoms with Gasteiger partial charge in [-0.2, -0.15) is 0 Å². The van der Waals surface area contributed by atoms with Crippen molar-refractivity contribution in [2.24, 2.45) is 0 Å². The molecular formula is C15H26N2O3S. The second-order valence-corrected chi connectivity index (χ2v) is 6.01. The van der Waals surface area contributed by atoms with Crippen molar-refractivity contribution in [1.29, 1.82) is 0 Å². The molecule has 0 aromatic carbocycles. The van der Waals surface area contributed by atoms with Gasteiger partial charge in [-0.3, -0.25) is 4.79 Å². The molecule has 1 aromatic heterocycles. The maximum absolute atomic E-state index is 11.3. The normalized spacial score (nSPS) is 12.4. The van der Waals surface area contributed by atoms with Crippen molar-refractivity contribution in [2.75, 3.05) is 45.4 Å². The molecule has 0 aliphatic carbocycles. The van der Waals surface area contributed by atoms with Gasteiger partial charge >= 0.3 is 0 Å². The Hall–Kier alpha value is -0.980. The Labute approximate surface area is 131 Å². The zero-order valence-electron chi connectivity index (χ0n) is 13.4. The Bertz CT molecular complexity index is 423. The van der Waals surface area contributed by atoms with Crippen LogP contribution in [-0.2, 0) is 9.47 Å². The predicted molar refractivity (Wildman–Crippen MR) is 86.8 cm³/mol. The van der Waals surface area contributed by atoms with Crippen LogP contribution >= 0.6 is 11.3 Å². The number of ether oxygens (including phenoxy) is 2. The van der Waals surface area contributed by atoms with Crippen LogP contribution in [0.15, 0.2) is 0 Å². The summed E-state index contributed by atoms with van der Waals surface area (Å²) in [6.07, 6.45) is 2.83. The van der Waals surface area contributed by atoms with Crippen LogP contribution in [0.3, 0.4) is 0 Å². The number of methoxy groups -OCH3 is 2. The maximum atomic E-state index is 11.3. The van der Waals surface area contributed by atoms with Gasteiger partial charge in [0.1, 0.15) is 0 Å². The fraction of sp³-hybridized carbons (Fsp3) is 0.733. The van der Waals surface area contributed by atoms with E-state index in [0.717, 1.165) is 47.9 Å². The first-order valence-corrected chi connectivity index (χ1v) is 8.18. The SMILES string of the molecule is CCC(C)c1nc(N(CCCOC)CCOC)sc1C=O. The first-order valence-electron chi connectivity index (χ1n) is 7.36. The summed E-state index contributed by atoms with van der Waals surface area (Å²) in [5.74, 6) is 0.304. The van der Waals surface area contributed by atoms with Crippen LogP contribution in [0.4, 0.5) is 5.13 Å². The van der Waals surface area contributed by atoms with Gasteiger partial charge in [-0.25, -0.2) is 4.98 Å². The van der Waals surface area contributed by atoms with Crippen molar-refractivity contribution in [3.63, 3.8) is 0 Å². The van der Waals surface area contributed by atoms with E-state index in [9.17, 15) is 4.79 Å². The van der Waals surface area contributed by atoms with E-state index < -0.39 is 0 Å². The topological polar surface area (TPSA) is 51.7 Å². The minimum absolute atomic E-state index is 0.304. The average Bonchev–Trinajstić information content (AvgIpc) is 2.94. The van der Waals surface area contributed by atoms with E-state index in [-0.39, 0.29) is 0 Å². The first kappa shape index (κ1) is 18.1. The number of carbonyl (C=O) groups is 1. The minimum atomic E-state index is 0.304. The number of hydrogen-bond donors (Lipinski definition) is 0. The molecule has 5 nitrogen and oxygen atoms in total. The standard InChI is InChI=1S/C15H26N2O3S/c1-5-12(2)14-13(11-18)21-15(16-14)17(8-10-20-4)7-6-9-19-3/h11-12H,5-10H2,1-4H3. The van der Waals surface area contributed by atoms with Crippen molar-refractivity contribution in [2.45, 2.75) is 32.6 Å². The summed E-state index contributed by atoms with van der Waals surface area (Å²) in [4.78, 5) is 18.9. The molecule has 0 fully saturated rings. The molecule has 1 aromatic rings. The van der Waals surface area contributed by atoms with Crippen molar-refractivity contribution < 1.29 is 14.3 Å². The largest absolute Gasteiger partial charge is 0.385 e. The second-order valence-electron chi connectivity index (χ2n) is 5.00. The lowest BCUT2D eigenvalue weighted by atomic mass is 10.0. The summed E-state index contributed by atoms with van der Waals surface area (Å²) < 4.78 is 10.3. The summed E-state index contributed by atoms with van der Waals surface area (Å²) in [6, 6.07) is 0. The predicted octanol–water partition coefficient (Wildman–Crippen LogP) is 2.96. The van der Waals surface area contributed by atoms with Crippen molar-refractivity contribution in [3.05, 3.63) is 10.6 Å². The summed E-state index contributed by atoms with van der Waals surface area (Å²) in [5.41, 5.74) is 0.918. The lowest BCUT2D eigenvalue weighted by Crippen LogP contribution is -2.29. The minimum Gasteiger partial charge on any atom is -0.385 e. The highest BCUT2D eigenvalue weighted by atomic mass is 32.1. The van der Waals surface area contributed by atoms with Crippen LogP contribution < -0.4 is 4.90 Å². The van der Waals surface area contributed by atoms with Gasteiger partial charge in [-0.15, -0.1) is 0 Å². The van der Waals surface area contributed by atoms with Gasteiger partial charge in [0.05, 0.1) is 17.2 Å². The molecule has 6 heteroatoms. The van der Waals surface area contributed by atoms with Crippen LogP contribution in [0.2, 0.25) is 0 Å². The molecule has 0 saturated heterocycles. The Kier molecular flexibility index (Phi) is 8.49. The van der Waals surface area contributed by atoms with E-state index in [4.69, 9.17) is 14.5 Å². The number of aromatic nitrogens is 1. The van der Waals surface area contributed by atoms with Crippen molar-refractivity contribution in [3.8, 4) is 0 Å². The van der Waals surface area contributed by atoms with Gasteiger partial charge in [-0.1, -0.05) is 25.2 Å². The molecule has 0 aliphatic heterocycles. The van der Waals surface area contributed by atoms with Gasteiger partial charge in [-0.05, 0) is 18.8 Å². The number of aldehydes is 1. The van der Waals surface area contributed by atoms with Crippen molar-refractivity contribution in [1.82, 2.24) is 4.98 Å². The van der Waals surface area contributed by atoms with Crippen LogP contribution in [0.1, 0.15) is 48.0 Å².